The minimum atomic E-state index is 0.253. The van der Waals surface area contributed by atoms with Crippen molar-refractivity contribution < 1.29 is 9.15 Å². The van der Waals surface area contributed by atoms with Crippen LogP contribution in [0.2, 0.25) is 0 Å². The largest absolute Gasteiger partial charge is 0.424 e. The summed E-state index contributed by atoms with van der Waals surface area (Å²) >= 11 is 0. The zero-order valence-corrected chi connectivity index (χ0v) is 9.77. The van der Waals surface area contributed by atoms with Crippen LogP contribution >= 0.6 is 0 Å². The maximum Gasteiger partial charge on any atom is 0.230 e. The van der Waals surface area contributed by atoms with E-state index < -0.39 is 0 Å². The summed E-state index contributed by atoms with van der Waals surface area (Å²) in [5, 5.41) is 10.9. The molecule has 0 aromatic carbocycles. The molecule has 1 atom stereocenters. The van der Waals surface area contributed by atoms with Crippen molar-refractivity contribution in [2.24, 2.45) is 0 Å². The lowest BCUT2D eigenvalue weighted by atomic mass is 10.2. The van der Waals surface area contributed by atoms with E-state index in [4.69, 9.17) is 9.15 Å². The number of likely N-dealkylation sites (N-methyl/N-ethyl adjacent to an activating group) is 1. The van der Waals surface area contributed by atoms with Gasteiger partial charge in [0.25, 0.3) is 0 Å². The summed E-state index contributed by atoms with van der Waals surface area (Å²) in [5.74, 6) is 1.30. The fraction of sp³-hybridized carbons (Fsp3) is 0.800. The molecule has 0 radical (unpaired) electrons. The number of nitrogens with one attached hydrogen (secondary N) is 1. The van der Waals surface area contributed by atoms with Crippen molar-refractivity contribution >= 4 is 0 Å². The number of morpholine rings is 1. The van der Waals surface area contributed by atoms with Gasteiger partial charge in [-0.3, -0.25) is 4.90 Å². The Kier molecular flexibility index (Phi) is 3.87. The van der Waals surface area contributed by atoms with Crippen LogP contribution in [0.1, 0.15) is 11.8 Å². The summed E-state index contributed by atoms with van der Waals surface area (Å²) in [4.78, 5) is 2.28. The third-order valence-corrected chi connectivity index (χ3v) is 2.58. The lowest BCUT2D eigenvalue weighted by molar-refractivity contribution is -0.0314. The van der Waals surface area contributed by atoms with Crippen molar-refractivity contribution in [2.45, 2.75) is 19.6 Å². The summed E-state index contributed by atoms with van der Waals surface area (Å²) in [6.45, 7) is 5.98. The van der Waals surface area contributed by atoms with Crippen LogP contribution in [0.3, 0.4) is 0 Å². The third-order valence-electron chi connectivity index (χ3n) is 2.58. The van der Waals surface area contributed by atoms with E-state index in [1.807, 2.05) is 7.05 Å². The summed E-state index contributed by atoms with van der Waals surface area (Å²) in [6, 6.07) is 0. The summed E-state index contributed by atoms with van der Waals surface area (Å²) in [5.41, 5.74) is 0. The van der Waals surface area contributed by atoms with Crippen molar-refractivity contribution in [3.05, 3.63) is 11.8 Å². The van der Waals surface area contributed by atoms with Crippen molar-refractivity contribution in [1.29, 1.82) is 0 Å². The van der Waals surface area contributed by atoms with Crippen molar-refractivity contribution in [3.63, 3.8) is 0 Å². The predicted octanol–water partition coefficient (Wildman–Crippen LogP) is -0.202. The van der Waals surface area contributed by atoms with E-state index in [0.717, 1.165) is 26.2 Å². The summed E-state index contributed by atoms with van der Waals surface area (Å²) < 4.78 is 11.0. The van der Waals surface area contributed by atoms with Gasteiger partial charge < -0.3 is 14.5 Å². The monoisotopic (exact) mass is 226 g/mol. The molecule has 1 aromatic heterocycles. The molecule has 6 heteroatoms. The minimum Gasteiger partial charge on any atom is -0.424 e. The molecule has 0 bridgehead atoms. The highest BCUT2D eigenvalue weighted by molar-refractivity contribution is 4.81. The molecule has 0 aliphatic carbocycles. The van der Waals surface area contributed by atoms with Gasteiger partial charge in [-0.05, 0) is 7.05 Å². The van der Waals surface area contributed by atoms with Crippen molar-refractivity contribution in [1.82, 2.24) is 20.4 Å². The number of aryl methyl sites for hydroxylation is 1. The van der Waals surface area contributed by atoms with E-state index in [1.165, 1.54) is 0 Å². The van der Waals surface area contributed by atoms with Crippen LogP contribution in [-0.4, -0.2) is 54.5 Å². The van der Waals surface area contributed by atoms with Gasteiger partial charge in [0.05, 0.1) is 19.3 Å². The van der Waals surface area contributed by atoms with Gasteiger partial charge in [-0.15, -0.1) is 10.2 Å². The highest BCUT2D eigenvalue weighted by Crippen LogP contribution is 2.09. The fourth-order valence-electron chi connectivity index (χ4n) is 1.87. The molecule has 2 rings (SSSR count). The standard InChI is InChI=1S/C10H18N4O2/c1-8-12-13-10(16-8)7-14-3-4-15-9(6-14)5-11-2/h9,11H,3-7H2,1-2H3. The average Bonchev–Trinajstić information content (AvgIpc) is 2.65. The molecule has 0 amide bonds. The number of ether oxygens (including phenoxy) is 1. The Morgan fingerprint density at radius 1 is 1.50 bits per heavy atom. The van der Waals surface area contributed by atoms with Crippen LogP contribution in [0.25, 0.3) is 0 Å². The molecule has 0 spiro atoms. The van der Waals surface area contributed by atoms with Crippen LogP contribution < -0.4 is 5.32 Å². The van der Waals surface area contributed by atoms with Crippen molar-refractivity contribution in [3.8, 4) is 0 Å². The van der Waals surface area contributed by atoms with Gasteiger partial charge in [0, 0.05) is 26.6 Å². The van der Waals surface area contributed by atoms with E-state index in [0.29, 0.717) is 18.3 Å². The van der Waals surface area contributed by atoms with Crippen LogP contribution in [0.4, 0.5) is 0 Å². The summed E-state index contributed by atoms with van der Waals surface area (Å²) in [7, 11) is 1.93. The van der Waals surface area contributed by atoms with Gasteiger partial charge in [0.1, 0.15) is 0 Å². The first-order valence-corrected chi connectivity index (χ1v) is 5.55. The zero-order chi connectivity index (χ0) is 11.4. The Balaban J connectivity index is 1.85. The quantitative estimate of drug-likeness (QED) is 0.767. The molecule has 0 saturated carbocycles. The Labute approximate surface area is 95.0 Å². The fourth-order valence-corrected chi connectivity index (χ4v) is 1.87. The van der Waals surface area contributed by atoms with Gasteiger partial charge in [-0.1, -0.05) is 0 Å². The minimum absolute atomic E-state index is 0.253. The molecule has 1 aromatic rings. The first-order valence-electron chi connectivity index (χ1n) is 5.55. The second-order valence-electron chi connectivity index (χ2n) is 4.00. The van der Waals surface area contributed by atoms with E-state index in [9.17, 15) is 0 Å². The molecule has 1 fully saturated rings. The van der Waals surface area contributed by atoms with E-state index >= 15 is 0 Å². The van der Waals surface area contributed by atoms with Gasteiger partial charge in [0.2, 0.25) is 11.8 Å². The Hall–Kier alpha value is -0.980. The van der Waals surface area contributed by atoms with E-state index in [-0.39, 0.29) is 6.10 Å². The van der Waals surface area contributed by atoms with Crippen LogP contribution in [0, 0.1) is 6.92 Å². The average molecular weight is 226 g/mol. The van der Waals surface area contributed by atoms with Gasteiger partial charge >= 0.3 is 0 Å². The van der Waals surface area contributed by atoms with Gasteiger partial charge in [-0.25, -0.2) is 0 Å². The topological polar surface area (TPSA) is 63.4 Å². The highest BCUT2D eigenvalue weighted by Gasteiger charge is 2.21. The Morgan fingerprint density at radius 2 is 2.38 bits per heavy atom. The number of hydrogen-bond acceptors (Lipinski definition) is 6. The van der Waals surface area contributed by atoms with Crippen LogP contribution in [-0.2, 0) is 11.3 Å². The molecule has 16 heavy (non-hydrogen) atoms. The maximum atomic E-state index is 5.62. The molecular formula is C10H18N4O2. The normalized spacial score (nSPS) is 22.5. The lowest BCUT2D eigenvalue weighted by Crippen LogP contribution is -2.45. The molecule has 2 heterocycles. The second-order valence-corrected chi connectivity index (χ2v) is 4.00. The molecule has 1 aliphatic rings. The van der Waals surface area contributed by atoms with Crippen LogP contribution in [0.5, 0.6) is 0 Å². The number of rotatable bonds is 4. The zero-order valence-electron chi connectivity index (χ0n) is 9.77. The Morgan fingerprint density at radius 3 is 3.06 bits per heavy atom. The van der Waals surface area contributed by atoms with E-state index in [2.05, 4.69) is 20.4 Å². The molecule has 90 valence electrons. The second kappa shape index (κ2) is 5.38. The first-order chi connectivity index (χ1) is 7.78. The number of aromatic nitrogens is 2. The van der Waals surface area contributed by atoms with Gasteiger partial charge in [0.15, 0.2) is 0 Å². The Bertz CT molecular complexity index is 326. The van der Waals surface area contributed by atoms with Crippen LogP contribution in [0.15, 0.2) is 4.42 Å². The SMILES string of the molecule is CNCC1CN(Cc2nnc(C)o2)CCO1. The molecule has 1 saturated heterocycles. The molecular weight excluding hydrogens is 208 g/mol. The molecule has 6 nitrogen and oxygen atoms in total. The number of hydrogen-bond donors (Lipinski definition) is 1. The molecule has 1 unspecified atom stereocenters. The lowest BCUT2D eigenvalue weighted by Gasteiger charge is -2.31. The maximum absolute atomic E-state index is 5.62. The van der Waals surface area contributed by atoms with E-state index in [1.54, 1.807) is 6.92 Å². The molecule has 1 aliphatic heterocycles. The van der Waals surface area contributed by atoms with Crippen molar-refractivity contribution in [2.75, 3.05) is 33.3 Å². The third kappa shape index (κ3) is 3.01. The highest BCUT2D eigenvalue weighted by atomic mass is 16.5. The molecule has 1 N–H and O–H groups in total. The number of nitrogens with zero attached hydrogens (tertiary/aromatic N) is 3. The predicted molar refractivity (Wildman–Crippen MR) is 58.0 cm³/mol. The smallest absolute Gasteiger partial charge is 0.230 e. The van der Waals surface area contributed by atoms with Gasteiger partial charge in [-0.2, -0.15) is 0 Å². The first kappa shape index (κ1) is 11.5. The summed E-state index contributed by atoms with van der Waals surface area (Å²) in [6.07, 6.45) is 0.253.